The molecule has 0 bridgehead atoms. The Hall–Kier alpha value is -2.97. The van der Waals surface area contributed by atoms with Gasteiger partial charge in [-0.1, -0.05) is 0 Å². The molecule has 0 aliphatic carbocycles. The van der Waals surface area contributed by atoms with Crippen molar-refractivity contribution in [2.24, 2.45) is 5.41 Å². The molecule has 8 nitrogen and oxygen atoms in total. The molecule has 2 aromatic rings. The number of anilines is 2. The maximum atomic E-state index is 12.8. The van der Waals surface area contributed by atoms with Crippen molar-refractivity contribution in [3.05, 3.63) is 47.8 Å². The van der Waals surface area contributed by atoms with Crippen molar-refractivity contribution in [2.45, 2.75) is 33.2 Å². The number of ether oxygens (including phenoxy) is 1. The van der Waals surface area contributed by atoms with Crippen LogP contribution in [-0.4, -0.2) is 57.6 Å². The summed E-state index contributed by atoms with van der Waals surface area (Å²) in [6.07, 6.45) is 3.62. The van der Waals surface area contributed by atoms with E-state index in [0.29, 0.717) is 23.7 Å². The summed E-state index contributed by atoms with van der Waals surface area (Å²) >= 11 is 0. The maximum Gasteiger partial charge on any atom is 0.241 e. The highest BCUT2D eigenvalue weighted by molar-refractivity contribution is 6.19. The third-order valence-corrected chi connectivity index (χ3v) is 5.96. The molecule has 8 heteroatoms. The van der Waals surface area contributed by atoms with Crippen molar-refractivity contribution in [3.63, 3.8) is 0 Å². The van der Waals surface area contributed by atoms with Crippen LogP contribution in [0.25, 0.3) is 0 Å². The Morgan fingerprint density at radius 1 is 1.00 bits per heavy atom. The normalized spacial score (nSPS) is 15.4. The number of amides is 2. The first-order valence-corrected chi connectivity index (χ1v) is 11.4. The van der Waals surface area contributed by atoms with Crippen LogP contribution < -0.4 is 25.2 Å². The first-order valence-electron chi connectivity index (χ1n) is 11.4. The number of rotatable bonds is 10. The van der Waals surface area contributed by atoms with E-state index in [4.69, 9.17) is 4.74 Å². The Balaban J connectivity index is 1.51. The summed E-state index contributed by atoms with van der Waals surface area (Å²) < 4.78 is 5.93. The minimum Gasteiger partial charge on any atom is -0.493 e. The zero-order valence-corrected chi connectivity index (χ0v) is 20.3. The lowest BCUT2D eigenvalue weighted by atomic mass is 9.90. The molecule has 0 radical (unpaired) electrons. The quantitative estimate of drug-likeness (QED) is 0.424. The number of aromatic nitrogens is 1. The van der Waals surface area contributed by atoms with Gasteiger partial charge in [0.05, 0.1) is 18.0 Å². The highest BCUT2D eigenvalue weighted by atomic mass is 16.5. The molecule has 0 fully saturated rings. The lowest BCUT2D eigenvalue weighted by molar-refractivity contribution is -0.137. The van der Waals surface area contributed by atoms with Crippen molar-refractivity contribution in [2.75, 3.05) is 50.6 Å². The number of carbonyl (C=O) groups is 2. The number of benzene rings is 1. The van der Waals surface area contributed by atoms with E-state index in [1.165, 1.54) is 5.56 Å². The van der Waals surface area contributed by atoms with Crippen molar-refractivity contribution >= 4 is 23.2 Å². The second kappa shape index (κ2) is 10.8. The Bertz CT molecular complexity index is 992. The zero-order chi connectivity index (χ0) is 24.0. The fourth-order valence-electron chi connectivity index (χ4n) is 3.94. The van der Waals surface area contributed by atoms with Crippen LogP contribution in [0.5, 0.6) is 5.75 Å². The SMILES string of the molecule is CNCCc1cc(CNCCCOc2ccc3c(c2)N(C)C(=O)C(C)(C)C(=O)N3C)ccn1. The first-order chi connectivity index (χ1) is 15.8. The number of pyridine rings is 1. The maximum absolute atomic E-state index is 12.8. The van der Waals surface area contributed by atoms with Crippen molar-refractivity contribution in [1.29, 1.82) is 0 Å². The second-order valence-electron chi connectivity index (χ2n) is 8.89. The minimum absolute atomic E-state index is 0.221. The van der Waals surface area contributed by atoms with Gasteiger partial charge in [0.1, 0.15) is 11.2 Å². The fraction of sp³-hybridized carbons (Fsp3) is 0.480. The molecule has 2 N–H and O–H groups in total. The van der Waals surface area contributed by atoms with E-state index >= 15 is 0 Å². The lowest BCUT2D eigenvalue weighted by Gasteiger charge is -2.25. The molecule has 3 rings (SSSR count). The smallest absolute Gasteiger partial charge is 0.241 e. The van der Waals surface area contributed by atoms with Gasteiger partial charge in [0, 0.05) is 51.6 Å². The zero-order valence-electron chi connectivity index (χ0n) is 20.3. The predicted molar refractivity (Wildman–Crippen MR) is 131 cm³/mol. The standard InChI is InChI=1S/C25H35N5O3/c1-25(2)23(31)29(4)21-8-7-20(16-22(21)30(5)24(25)32)33-14-6-11-27-17-18-9-13-28-19(15-18)10-12-26-3/h7-9,13,15-16,26-27H,6,10-12,14,17H2,1-5H3. The van der Waals surface area contributed by atoms with Crippen LogP contribution in [0.2, 0.25) is 0 Å². The summed E-state index contributed by atoms with van der Waals surface area (Å²) in [7, 11) is 5.34. The number of carbonyl (C=O) groups excluding carboxylic acids is 2. The number of nitrogens with zero attached hydrogens (tertiary/aromatic N) is 3. The van der Waals surface area contributed by atoms with Gasteiger partial charge in [-0.2, -0.15) is 0 Å². The molecular formula is C25H35N5O3. The average molecular weight is 454 g/mol. The minimum atomic E-state index is -1.11. The van der Waals surface area contributed by atoms with Gasteiger partial charge in [-0.15, -0.1) is 0 Å². The summed E-state index contributed by atoms with van der Waals surface area (Å²) in [5.41, 5.74) is 2.56. The number of nitrogens with one attached hydrogen (secondary N) is 2. The topological polar surface area (TPSA) is 86.8 Å². The molecular weight excluding hydrogens is 418 g/mol. The number of likely N-dealkylation sites (N-methyl/N-ethyl adjacent to an activating group) is 1. The molecule has 33 heavy (non-hydrogen) atoms. The number of hydrogen-bond donors (Lipinski definition) is 2. The molecule has 2 amide bonds. The predicted octanol–water partition coefficient (Wildman–Crippen LogP) is 2.37. The molecule has 178 valence electrons. The van der Waals surface area contributed by atoms with E-state index in [2.05, 4.69) is 21.7 Å². The second-order valence-corrected chi connectivity index (χ2v) is 8.89. The molecule has 0 unspecified atom stereocenters. The average Bonchev–Trinajstić information content (AvgIpc) is 2.86. The summed E-state index contributed by atoms with van der Waals surface area (Å²) in [4.78, 5) is 33.1. The van der Waals surface area contributed by atoms with Crippen LogP contribution in [0.15, 0.2) is 36.5 Å². The molecule has 1 aromatic heterocycles. The number of hydrogen-bond acceptors (Lipinski definition) is 6. The Morgan fingerprint density at radius 2 is 1.73 bits per heavy atom. The summed E-state index contributed by atoms with van der Waals surface area (Å²) in [5, 5.41) is 6.58. The van der Waals surface area contributed by atoms with Gasteiger partial charge in [-0.05, 0) is 63.7 Å². The monoisotopic (exact) mass is 453 g/mol. The Morgan fingerprint density at radius 3 is 2.45 bits per heavy atom. The Labute approximate surface area is 196 Å². The van der Waals surface area contributed by atoms with Gasteiger partial charge < -0.3 is 25.2 Å². The summed E-state index contributed by atoms with van der Waals surface area (Å²) in [5.74, 6) is 0.225. The largest absolute Gasteiger partial charge is 0.493 e. The van der Waals surface area contributed by atoms with Crippen molar-refractivity contribution < 1.29 is 14.3 Å². The van der Waals surface area contributed by atoms with Crippen LogP contribution in [0.3, 0.4) is 0 Å². The third-order valence-electron chi connectivity index (χ3n) is 5.96. The van der Waals surface area contributed by atoms with Gasteiger partial charge in [-0.3, -0.25) is 14.6 Å². The van der Waals surface area contributed by atoms with Gasteiger partial charge in [0.15, 0.2) is 0 Å². The van der Waals surface area contributed by atoms with Crippen LogP contribution >= 0.6 is 0 Å². The molecule has 0 spiro atoms. The van der Waals surface area contributed by atoms with Crippen LogP contribution in [0.4, 0.5) is 11.4 Å². The molecule has 1 aliphatic rings. The molecule has 0 saturated carbocycles. The van der Waals surface area contributed by atoms with E-state index in [-0.39, 0.29) is 11.8 Å². The highest BCUT2D eigenvalue weighted by Crippen LogP contribution is 2.39. The van der Waals surface area contributed by atoms with Gasteiger partial charge >= 0.3 is 0 Å². The Kier molecular flexibility index (Phi) is 8.05. The van der Waals surface area contributed by atoms with Gasteiger partial charge in [0.2, 0.25) is 11.8 Å². The number of fused-ring (bicyclic) bond motifs is 1. The molecule has 0 saturated heterocycles. The summed E-state index contributed by atoms with van der Waals surface area (Å²) in [6, 6.07) is 9.67. The summed E-state index contributed by atoms with van der Waals surface area (Å²) in [6.45, 7) is 6.40. The van der Waals surface area contributed by atoms with E-state index in [1.807, 2.05) is 37.5 Å². The highest BCUT2D eigenvalue weighted by Gasteiger charge is 2.44. The van der Waals surface area contributed by atoms with E-state index in [9.17, 15) is 9.59 Å². The third kappa shape index (κ3) is 5.69. The molecule has 1 aliphatic heterocycles. The van der Waals surface area contributed by atoms with Crippen LogP contribution in [-0.2, 0) is 22.6 Å². The van der Waals surface area contributed by atoms with Crippen LogP contribution in [0.1, 0.15) is 31.5 Å². The van der Waals surface area contributed by atoms with Gasteiger partial charge in [-0.25, -0.2) is 0 Å². The van der Waals surface area contributed by atoms with Crippen molar-refractivity contribution in [1.82, 2.24) is 15.6 Å². The molecule has 0 atom stereocenters. The molecule has 1 aromatic carbocycles. The fourth-order valence-corrected chi connectivity index (χ4v) is 3.94. The molecule has 2 heterocycles. The van der Waals surface area contributed by atoms with E-state index in [1.54, 1.807) is 37.7 Å². The van der Waals surface area contributed by atoms with Gasteiger partial charge in [0.25, 0.3) is 0 Å². The van der Waals surface area contributed by atoms with E-state index in [0.717, 1.165) is 38.2 Å². The first kappa shape index (κ1) is 24.7. The van der Waals surface area contributed by atoms with E-state index < -0.39 is 5.41 Å². The van der Waals surface area contributed by atoms with Crippen LogP contribution in [0, 0.1) is 5.41 Å². The lowest BCUT2D eigenvalue weighted by Crippen LogP contribution is -2.46. The van der Waals surface area contributed by atoms with Crippen molar-refractivity contribution in [3.8, 4) is 5.75 Å².